The maximum absolute atomic E-state index is 12.8. The van der Waals surface area contributed by atoms with Crippen LogP contribution in [0.1, 0.15) is 38.5 Å². The Labute approximate surface area is 163 Å². The molecule has 4 bridgehead atoms. The molecule has 1 N–H and O–H groups in total. The maximum atomic E-state index is 12.8. The minimum Gasteiger partial charge on any atom is -0.493 e. The van der Waals surface area contributed by atoms with Gasteiger partial charge in [-0.2, -0.15) is 4.80 Å². The summed E-state index contributed by atoms with van der Waals surface area (Å²) in [4.78, 5) is 14.6. The van der Waals surface area contributed by atoms with Crippen molar-refractivity contribution in [1.82, 2.24) is 25.5 Å². The van der Waals surface area contributed by atoms with E-state index in [0.717, 1.165) is 32.1 Å². The number of carbonyl (C=O) groups excluding carboxylic acids is 1. The van der Waals surface area contributed by atoms with Crippen molar-refractivity contribution >= 4 is 5.91 Å². The van der Waals surface area contributed by atoms with Crippen molar-refractivity contribution in [2.75, 3.05) is 13.7 Å². The second-order valence-electron chi connectivity index (χ2n) is 8.68. The number of hydrogen-bond acceptors (Lipinski definition) is 6. The van der Waals surface area contributed by atoms with Gasteiger partial charge in [0.05, 0.1) is 12.6 Å². The van der Waals surface area contributed by atoms with Crippen molar-refractivity contribution in [3.63, 3.8) is 0 Å². The summed E-state index contributed by atoms with van der Waals surface area (Å²) >= 11 is 0. The molecule has 4 fully saturated rings. The van der Waals surface area contributed by atoms with Crippen LogP contribution in [0.15, 0.2) is 30.6 Å². The van der Waals surface area contributed by atoms with Gasteiger partial charge in [0.2, 0.25) is 0 Å². The molecule has 8 heteroatoms. The van der Waals surface area contributed by atoms with Crippen molar-refractivity contribution < 1.29 is 14.3 Å². The van der Waals surface area contributed by atoms with E-state index in [1.807, 2.05) is 24.3 Å². The highest BCUT2D eigenvalue weighted by Crippen LogP contribution is 2.60. The van der Waals surface area contributed by atoms with Gasteiger partial charge in [-0.05, 0) is 67.7 Å². The number of aromatic nitrogens is 4. The number of hydrogen-bond donors (Lipinski definition) is 1. The second-order valence-corrected chi connectivity index (χ2v) is 8.68. The molecule has 4 aliphatic rings. The highest BCUT2D eigenvalue weighted by molar-refractivity contribution is 5.78. The Balaban J connectivity index is 1.30. The Morgan fingerprint density at radius 3 is 2.64 bits per heavy atom. The normalized spacial score (nSPS) is 32.9. The molecule has 1 aromatic heterocycles. The second kappa shape index (κ2) is 6.46. The van der Waals surface area contributed by atoms with Gasteiger partial charge in [-0.3, -0.25) is 4.79 Å². The zero-order valence-electron chi connectivity index (χ0n) is 16.0. The molecule has 4 saturated carbocycles. The fraction of sp³-hybridized carbons (Fsp3) is 0.600. The van der Waals surface area contributed by atoms with E-state index in [1.54, 1.807) is 11.9 Å². The highest BCUT2D eigenvalue weighted by Gasteiger charge is 2.60. The molecular formula is C20H25N5O3. The van der Waals surface area contributed by atoms with Crippen molar-refractivity contribution in [3.05, 3.63) is 30.6 Å². The Hall–Kier alpha value is -2.64. The summed E-state index contributed by atoms with van der Waals surface area (Å²) in [5, 5.41) is 15.8. The number of nitrogens with zero attached hydrogens (tertiary/aromatic N) is 4. The number of tetrazole rings is 1. The lowest BCUT2D eigenvalue weighted by molar-refractivity contribution is -0.133. The maximum Gasteiger partial charge on any atom is 0.258 e. The number of benzene rings is 1. The van der Waals surface area contributed by atoms with Crippen LogP contribution in [-0.2, 0) is 10.3 Å². The highest BCUT2D eigenvalue weighted by atomic mass is 16.5. The number of ether oxygens (including phenoxy) is 2. The van der Waals surface area contributed by atoms with Crippen LogP contribution in [0.3, 0.4) is 0 Å². The average Bonchev–Trinajstić information content (AvgIpc) is 3.21. The van der Waals surface area contributed by atoms with Gasteiger partial charge in [0.1, 0.15) is 0 Å². The monoisotopic (exact) mass is 383 g/mol. The molecule has 2 aromatic rings. The number of methoxy groups -OCH3 is 1. The molecule has 0 aliphatic heterocycles. The average molecular weight is 383 g/mol. The van der Waals surface area contributed by atoms with Gasteiger partial charge >= 0.3 is 0 Å². The first-order valence-electron chi connectivity index (χ1n) is 9.90. The van der Waals surface area contributed by atoms with Crippen LogP contribution in [0.4, 0.5) is 0 Å². The van der Waals surface area contributed by atoms with Crippen molar-refractivity contribution in [2.45, 2.75) is 49.6 Å². The fourth-order valence-corrected chi connectivity index (χ4v) is 6.19. The van der Waals surface area contributed by atoms with Crippen molar-refractivity contribution in [3.8, 4) is 11.5 Å². The topological polar surface area (TPSA) is 91.2 Å². The molecule has 0 saturated heterocycles. The third-order valence-corrected chi connectivity index (χ3v) is 6.64. The van der Waals surface area contributed by atoms with Gasteiger partial charge in [-0.1, -0.05) is 12.1 Å². The Bertz CT molecular complexity index is 854. The van der Waals surface area contributed by atoms with Gasteiger partial charge in [-0.15, -0.1) is 10.2 Å². The third kappa shape index (κ3) is 2.91. The molecule has 0 radical (unpaired) electrons. The Morgan fingerprint density at radius 2 is 1.96 bits per heavy atom. The molecule has 28 heavy (non-hydrogen) atoms. The standard InChI is InChI=1S/C20H25N5O3/c1-27-16-4-2-3-5-17(16)28-11-18(26)23-19-7-14-6-15(8-19)10-20(9-14,12-19)25-22-13-21-24-25/h2-5,13-15H,6-12H2,1H3,(H,23,26). The summed E-state index contributed by atoms with van der Waals surface area (Å²) in [5.74, 6) is 2.31. The first-order valence-corrected chi connectivity index (χ1v) is 9.90. The summed E-state index contributed by atoms with van der Waals surface area (Å²) < 4.78 is 11.0. The van der Waals surface area contributed by atoms with Crippen LogP contribution >= 0.6 is 0 Å². The van der Waals surface area contributed by atoms with E-state index in [2.05, 4.69) is 20.7 Å². The molecule has 2 atom stereocenters. The number of rotatable bonds is 6. The number of nitrogens with one attached hydrogen (secondary N) is 1. The fourth-order valence-electron chi connectivity index (χ4n) is 6.19. The minimum atomic E-state index is -0.196. The minimum absolute atomic E-state index is 0.0218. The quantitative estimate of drug-likeness (QED) is 0.820. The van der Waals surface area contributed by atoms with Gasteiger partial charge < -0.3 is 14.8 Å². The molecule has 1 heterocycles. The Morgan fingerprint density at radius 1 is 1.21 bits per heavy atom. The first-order chi connectivity index (χ1) is 13.6. The molecule has 6 rings (SSSR count). The van der Waals surface area contributed by atoms with Gasteiger partial charge in [-0.25, -0.2) is 0 Å². The lowest BCUT2D eigenvalue weighted by Crippen LogP contribution is -2.66. The molecule has 4 aliphatic carbocycles. The molecule has 148 valence electrons. The zero-order chi connectivity index (χ0) is 19.2. The van der Waals surface area contributed by atoms with Crippen LogP contribution in [0, 0.1) is 11.8 Å². The van der Waals surface area contributed by atoms with Crippen LogP contribution in [-0.4, -0.2) is 45.4 Å². The van der Waals surface area contributed by atoms with Crippen molar-refractivity contribution in [2.24, 2.45) is 11.8 Å². The number of para-hydroxylation sites is 2. The molecular weight excluding hydrogens is 358 g/mol. The van der Waals surface area contributed by atoms with E-state index < -0.39 is 0 Å². The van der Waals surface area contributed by atoms with Gasteiger partial charge in [0, 0.05) is 5.54 Å². The summed E-state index contributed by atoms with van der Waals surface area (Å²) in [6, 6.07) is 7.37. The smallest absolute Gasteiger partial charge is 0.258 e. The molecule has 1 aromatic carbocycles. The van der Waals surface area contributed by atoms with E-state index in [0.29, 0.717) is 23.3 Å². The lowest BCUT2D eigenvalue weighted by Gasteiger charge is -2.61. The lowest BCUT2D eigenvalue weighted by atomic mass is 9.50. The van der Waals surface area contributed by atoms with Gasteiger partial charge in [0.15, 0.2) is 24.4 Å². The summed E-state index contributed by atoms with van der Waals surface area (Å²) in [6.45, 7) is -0.0218. The van der Waals surface area contributed by atoms with Crippen LogP contribution in [0.2, 0.25) is 0 Å². The molecule has 0 spiro atoms. The van der Waals surface area contributed by atoms with Crippen LogP contribution in [0.25, 0.3) is 0 Å². The molecule has 2 unspecified atom stereocenters. The zero-order valence-corrected chi connectivity index (χ0v) is 16.0. The Kier molecular flexibility index (Phi) is 4.03. The summed E-state index contributed by atoms with van der Waals surface area (Å²) in [6.07, 6.45) is 7.82. The van der Waals surface area contributed by atoms with Crippen LogP contribution in [0.5, 0.6) is 11.5 Å². The third-order valence-electron chi connectivity index (χ3n) is 6.64. The van der Waals surface area contributed by atoms with E-state index in [9.17, 15) is 4.79 Å². The van der Waals surface area contributed by atoms with Gasteiger partial charge in [0.25, 0.3) is 5.91 Å². The number of amides is 1. The summed E-state index contributed by atoms with van der Waals surface area (Å²) in [5.41, 5.74) is -0.309. The SMILES string of the molecule is COc1ccccc1OCC(=O)NC12CC3CC(C1)CC(n1ncnn1)(C3)C2. The largest absolute Gasteiger partial charge is 0.493 e. The molecule has 1 amide bonds. The molecule has 8 nitrogen and oxygen atoms in total. The van der Waals surface area contributed by atoms with Crippen LogP contribution < -0.4 is 14.8 Å². The van der Waals surface area contributed by atoms with E-state index >= 15 is 0 Å². The summed E-state index contributed by atoms with van der Waals surface area (Å²) in [7, 11) is 1.59. The predicted molar refractivity (Wildman–Crippen MR) is 99.8 cm³/mol. The predicted octanol–water partition coefficient (Wildman–Crippen LogP) is 1.92. The first kappa shape index (κ1) is 17.5. The van der Waals surface area contributed by atoms with E-state index in [-0.39, 0.29) is 23.6 Å². The van der Waals surface area contributed by atoms with E-state index in [1.165, 1.54) is 12.7 Å². The van der Waals surface area contributed by atoms with E-state index in [4.69, 9.17) is 9.47 Å². The number of carbonyl (C=O) groups is 1. The van der Waals surface area contributed by atoms with Crippen molar-refractivity contribution in [1.29, 1.82) is 0 Å².